The van der Waals surface area contributed by atoms with Gasteiger partial charge in [0.1, 0.15) is 18.9 Å². The van der Waals surface area contributed by atoms with Crippen molar-refractivity contribution in [2.24, 2.45) is 0 Å². The van der Waals surface area contributed by atoms with Crippen molar-refractivity contribution in [3.05, 3.63) is 17.2 Å². The second kappa shape index (κ2) is 4.86. The van der Waals surface area contributed by atoms with Crippen LogP contribution in [0.5, 0.6) is 11.5 Å². The van der Waals surface area contributed by atoms with Crippen LogP contribution in [0.15, 0.2) is 12.1 Å². The van der Waals surface area contributed by atoms with Gasteiger partial charge in [-0.05, 0) is 19.1 Å². The zero-order valence-corrected chi connectivity index (χ0v) is 11.2. The summed E-state index contributed by atoms with van der Waals surface area (Å²) < 4.78 is 11.4. The number of nitrogens with zero attached hydrogens (tertiary/aromatic N) is 1. The summed E-state index contributed by atoms with van der Waals surface area (Å²) in [6.07, 6.45) is 0. The van der Waals surface area contributed by atoms with Gasteiger partial charge in [-0.25, -0.2) is 0 Å². The first-order valence-corrected chi connectivity index (χ1v) is 6.70. The van der Waals surface area contributed by atoms with E-state index in [9.17, 15) is 0 Å². The van der Waals surface area contributed by atoms with E-state index in [1.807, 2.05) is 12.1 Å². The van der Waals surface area contributed by atoms with Crippen LogP contribution in [0.4, 0.5) is 5.69 Å². The normalized spacial score (nSPS) is 23.0. The first-order chi connectivity index (χ1) is 8.77. The quantitative estimate of drug-likeness (QED) is 0.844. The fourth-order valence-electron chi connectivity index (χ4n) is 2.52. The average Bonchev–Trinajstić information content (AvgIpc) is 2.40. The number of fused-ring (bicyclic) bond motifs is 1. The highest BCUT2D eigenvalue weighted by Gasteiger charge is 2.27. The molecule has 1 aromatic carbocycles. The summed E-state index contributed by atoms with van der Waals surface area (Å²) in [5.74, 6) is 1.59. The van der Waals surface area contributed by atoms with Crippen LogP contribution in [0.1, 0.15) is 6.92 Å². The third-order valence-corrected chi connectivity index (χ3v) is 3.73. The van der Waals surface area contributed by atoms with Crippen molar-refractivity contribution in [3.63, 3.8) is 0 Å². The second-order valence-electron chi connectivity index (χ2n) is 4.67. The first kappa shape index (κ1) is 11.9. The third-order valence-electron chi connectivity index (χ3n) is 3.42. The van der Waals surface area contributed by atoms with Crippen LogP contribution in [-0.4, -0.2) is 38.9 Å². The van der Waals surface area contributed by atoms with Crippen molar-refractivity contribution in [1.82, 2.24) is 5.32 Å². The predicted molar refractivity (Wildman–Crippen MR) is 72.1 cm³/mol. The Balaban J connectivity index is 2.04. The fourth-order valence-corrected chi connectivity index (χ4v) is 2.78. The molecule has 1 saturated heterocycles. The van der Waals surface area contributed by atoms with Gasteiger partial charge in [0.25, 0.3) is 0 Å². The molecule has 2 aliphatic rings. The number of ether oxygens (including phenoxy) is 2. The number of hydrogen-bond donors (Lipinski definition) is 1. The van der Waals surface area contributed by atoms with E-state index in [0.717, 1.165) is 41.8 Å². The lowest BCUT2D eigenvalue weighted by atomic mass is 10.1. The van der Waals surface area contributed by atoms with E-state index in [2.05, 4.69) is 17.1 Å². The van der Waals surface area contributed by atoms with Crippen LogP contribution in [0.2, 0.25) is 5.02 Å². The van der Waals surface area contributed by atoms with Crippen molar-refractivity contribution in [3.8, 4) is 11.5 Å². The number of benzene rings is 1. The van der Waals surface area contributed by atoms with Gasteiger partial charge < -0.3 is 19.7 Å². The molecular weight excluding hydrogens is 252 g/mol. The standard InChI is InChI=1S/C13H17ClN2O2/c1-9-8-15-4-5-16(9)12-10(14)2-3-11-13(12)18-7-6-17-11/h2-3,9,15H,4-8H2,1H3. The van der Waals surface area contributed by atoms with Gasteiger partial charge in [-0.1, -0.05) is 11.6 Å². The molecule has 0 amide bonds. The molecule has 1 atom stereocenters. The third kappa shape index (κ3) is 1.99. The number of rotatable bonds is 1. The summed E-state index contributed by atoms with van der Waals surface area (Å²) >= 11 is 6.36. The molecule has 0 aliphatic carbocycles. The maximum Gasteiger partial charge on any atom is 0.186 e. The second-order valence-corrected chi connectivity index (χ2v) is 5.07. The molecule has 2 heterocycles. The molecule has 1 fully saturated rings. The van der Waals surface area contributed by atoms with Crippen LogP contribution >= 0.6 is 11.6 Å². The maximum atomic E-state index is 6.36. The Morgan fingerprint density at radius 3 is 3.00 bits per heavy atom. The van der Waals surface area contributed by atoms with E-state index in [-0.39, 0.29) is 0 Å². The molecule has 1 aromatic rings. The van der Waals surface area contributed by atoms with E-state index in [1.54, 1.807) is 0 Å². The maximum absolute atomic E-state index is 6.36. The smallest absolute Gasteiger partial charge is 0.186 e. The minimum atomic E-state index is 0.397. The molecule has 0 saturated carbocycles. The molecule has 1 unspecified atom stereocenters. The number of piperazine rings is 1. The molecule has 18 heavy (non-hydrogen) atoms. The van der Waals surface area contributed by atoms with E-state index < -0.39 is 0 Å². The Hall–Kier alpha value is -1.13. The van der Waals surface area contributed by atoms with E-state index in [4.69, 9.17) is 21.1 Å². The van der Waals surface area contributed by atoms with E-state index in [1.165, 1.54) is 0 Å². The Morgan fingerprint density at radius 2 is 2.17 bits per heavy atom. The molecule has 5 heteroatoms. The molecule has 0 aromatic heterocycles. The number of hydrogen-bond acceptors (Lipinski definition) is 4. The molecule has 4 nitrogen and oxygen atoms in total. The van der Waals surface area contributed by atoms with Crippen molar-refractivity contribution in [2.75, 3.05) is 37.7 Å². The van der Waals surface area contributed by atoms with Crippen LogP contribution in [0.25, 0.3) is 0 Å². The lowest BCUT2D eigenvalue weighted by Crippen LogP contribution is -2.50. The van der Waals surface area contributed by atoms with Gasteiger partial charge in [-0.15, -0.1) is 0 Å². The zero-order valence-electron chi connectivity index (χ0n) is 10.4. The first-order valence-electron chi connectivity index (χ1n) is 6.33. The lowest BCUT2D eigenvalue weighted by Gasteiger charge is -2.38. The van der Waals surface area contributed by atoms with Crippen molar-refractivity contribution in [1.29, 1.82) is 0 Å². The van der Waals surface area contributed by atoms with E-state index >= 15 is 0 Å². The van der Waals surface area contributed by atoms with Crippen LogP contribution in [0, 0.1) is 0 Å². The van der Waals surface area contributed by atoms with Crippen LogP contribution < -0.4 is 19.7 Å². The van der Waals surface area contributed by atoms with E-state index in [0.29, 0.717) is 19.3 Å². The summed E-state index contributed by atoms with van der Waals surface area (Å²) in [4.78, 5) is 2.30. The molecule has 0 spiro atoms. The largest absolute Gasteiger partial charge is 0.486 e. The Morgan fingerprint density at radius 1 is 1.33 bits per heavy atom. The van der Waals surface area contributed by atoms with Crippen LogP contribution in [-0.2, 0) is 0 Å². The average molecular weight is 269 g/mol. The molecule has 0 radical (unpaired) electrons. The van der Waals surface area contributed by atoms with Gasteiger partial charge in [-0.3, -0.25) is 0 Å². The number of nitrogens with one attached hydrogen (secondary N) is 1. The van der Waals surface area contributed by atoms with Crippen LogP contribution in [0.3, 0.4) is 0 Å². The molecule has 3 rings (SSSR count). The van der Waals surface area contributed by atoms with Gasteiger partial charge in [0.05, 0.1) is 5.02 Å². The summed E-state index contributed by atoms with van der Waals surface area (Å²) in [5, 5.41) is 4.11. The van der Waals surface area contributed by atoms with Gasteiger partial charge in [0, 0.05) is 25.7 Å². The lowest BCUT2D eigenvalue weighted by molar-refractivity contribution is 0.172. The highest BCUT2D eigenvalue weighted by molar-refractivity contribution is 6.33. The van der Waals surface area contributed by atoms with Gasteiger partial charge in [0.15, 0.2) is 11.5 Å². The predicted octanol–water partition coefficient (Wildman–Crippen LogP) is 1.91. The summed E-state index contributed by atoms with van der Waals surface area (Å²) in [6, 6.07) is 4.17. The van der Waals surface area contributed by atoms with Crippen molar-refractivity contribution >= 4 is 17.3 Å². The molecule has 98 valence electrons. The minimum Gasteiger partial charge on any atom is -0.486 e. The molecular formula is C13H17ClN2O2. The SMILES string of the molecule is CC1CNCCN1c1c(Cl)ccc2c1OCCO2. The highest BCUT2D eigenvalue weighted by Crippen LogP contribution is 2.45. The highest BCUT2D eigenvalue weighted by atomic mass is 35.5. The van der Waals surface area contributed by atoms with Gasteiger partial charge >= 0.3 is 0 Å². The number of halogens is 1. The van der Waals surface area contributed by atoms with Crippen molar-refractivity contribution < 1.29 is 9.47 Å². The summed E-state index contributed by atoms with van der Waals surface area (Å²) in [6.45, 7) is 6.23. The van der Waals surface area contributed by atoms with Gasteiger partial charge in [-0.2, -0.15) is 0 Å². The Bertz CT molecular complexity index is 453. The monoisotopic (exact) mass is 268 g/mol. The van der Waals surface area contributed by atoms with Crippen molar-refractivity contribution in [2.45, 2.75) is 13.0 Å². The minimum absolute atomic E-state index is 0.397. The topological polar surface area (TPSA) is 33.7 Å². The molecule has 0 bridgehead atoms. The van der Waals surface area contributed by atoms with Gasteiger partial charge in [0.2, 0.25) is 0 Å². The summed E-state index contributed by atoms with van der Waals surface area (Å²) in [5.41, 5.74) is 0.975. The molecule has 2 aliphatic heterocycles. The fraction of sp³-hybridized carbons (Fsp3) is 0.538. The Kier molecular flexibility index (Phi) is 3.22. The summed E-state index contributed by atoms with van der Waals surface area (Å²) in [7, 11) is 0. The number of anilines is 1. The molecule has 1 N–H and O–H groups in total. The zero-order chi connectivity index (χ0) is 12.5. The Labute approximate surface area is 112 Å².